The molecule has 1 saturated carbocycles. The lowest BCUT2D eigenvalue weighted by Gasteiger charge is -2.53. The van der Waals surface area contributed by atoms with E-state index in [1.807, 2.05) is 0 Å². The van der Waals surface area contributed by atoms with E-state index in [0.29, 0.717) is 10.4 Å². The molecule has 0 spiro atoms. The van der Waals surface area contributed by atoms with Gasteiger partial charge in [-0.3, -0.25) is 4.79 Å². The number of ether oxygens (including phenoxy) is 1. The zero-order valence-electron chi connectivity index (χ0n) is 16.3. The summed E-state index contributed by atoms with van der Waals surface area (Å²) in [6, 6.07) is 6.99. The number of amides is 3. The molecule has 1 aliphatic carbocycles. The van der Waals surface area contributed by atoms with Crippen molar-refractivity contribution in [1.29, 1.82) is 0 Å². The van der Waals surface area contributed by atoms with Gasteiger partial charge in [0.2, 0.25) is 6.29 Å². The van der Waals surface area contributed by atoms with Gasteiger partial charge in [0.05, 0.1) is 18.4 Å². The lowest BCUT2D eigenvalue weighted by Crippen LogP contribution is -2.76. The third kappa shape index (κ3) is 4.08. The molecule has 1 aromatic carbocycles. The zero-order chi connectivity index (χ0) is 22.9. The predicted molar refractivity (Wildman–Crippen MR) is 111 cm³/mol. The number of anilines is 1. The molecular formula is C19H23N3O8S. The summed E-state index contributed by atoms with van der Waals surface area (Å²) in [5, 5.41) is 54.2. The van der Waals surface area contributed by atoms with Crippen LogP contribution in [0.15, 0.2) is 30.3 Å². The van der Waals surface area contributed by atoms with E-state index in [4.69, 9.17) is 10.5 Å². The Bertz CT molecular complexity index is 966. The lowest BCUT2D eigenvalue weighted by molar-refractivity contribution is -0.332. The van der Waals surface area contributed by atoms with Gasteiger partial charge in [0.1, 0.15) is 16.7 Å². The molecule has 9 N–H and O–H groups in total. The van der Waals surface area contributed by atoms with E-state index < -0.39 is 48.6 Å². The Balaban J connectivity index is 1.78. The first-order valence-corrected chi connectivity index (χ1v) is 10.0. The number of carbonyl (C=O) groups excluding carboxylic acids is 2. The number of nitrogens with two attached hydrogens (primary N) is 1. The van der Waals surface area contributed by atoms with Gasteiger partial charge in [-0.05, 0) is 35.9 Å². The molecule has 168 valence electrons. The minimum atomic E-state index is -2.22. The Morgan fingerprint density at radius 3 is 2.48 bits per heavy atom. The predicted octanol–water partition coefficient (Wildman–Crippen LogP) is -0.963. The van der Waals surface area contributed by atoms with Crippen LogP contribution in [0.4, 0.5) is 10.5 Å². The number of hydrogen-bond donors (Lipinski definition) is 8. The zero-order valence-corrected chi connectivity index (χ0v) is 17.2. The molecule has 12 heteroatoms. The number of rotatable bonds is 7. The maximum Gasteiger partial charge on any atom is 0.316 e. The van der Waals surface area contributed by atoms with Crippen LogP contribution in [0.25, 0.3) is 10.4 Å². The van der Waals surface area contributed by atoms with Crippen LogP contribution in [0.2, 0.25) is 0 Å². The smallest absolute Gasteiger partial charge is 0.316 e. The van der Waals surface area contributed by atoms with E-state index >= 15 is 0 Å². The average molecular weight is 453 g/mol. The Kier molecular flexibility index (Phi) is 6.50. The normalized spacial score (nSPS) is 25.9. The molecule has 31 heavy (non-hydrogen) atoms. The van der Waals surface area contributed by atoms with Crippen molar-refractivity contribution < 1.29 is 39.9 Å². The second-order valence-corrected chi connectivity index (χ2v) is 8.08. The molecule has 3 rings (SSSR count). The molecule has 0 bridgehead atoms. The summed E-state index contributed by atoms with van der Waals surface area (Å²) in [6.07, 6.45) is -4.96. The molecule has 1 aromatic heterocycles. The van der Waals surface area contributed by atoms with E-state index in [9.17, 15) is 35.1 Å². The van der Waals surface area contributed by atoms with Crippen molar-refractivity contribution in [3.05, 3.63) is 35.2 Å². The van der Waals surface area contributed by atoms with Gasteiger partial charge in [-0.2, -0.15) is 0 Å². The van der Waals surface area contributed by atoms with Crippen molar-refractivity contribution in [2.24, 2.45) is 11.7 Å². The Hall–Kier alpha value is -2.74. The number of hydrogen-bond acceptors (Lipinski definition) is 9. The maximum absolute atomic E-state index is 12.0. The highest BCUT2D eigenvalue weighted by atomic mass is 32.1. The third-order valence-electron chi connectivity index (χ3n) is 5.21. The average Bonchev–Trinajstić information content (AvgIpc) is 3.16. The van der Waals surface area contributed by atoms with E-state index in [0.717, 1.165) is 11.3 Å². The quantitative estimate of drug-likeness (QED) is 0.245. The molecule has 11 nitrogen and oxygen atoms in total. The van der Waals surface area contributed by atoms with Crippen molar-refractivity contribution in [2.45, 2.75) is 24.1 Å². The van der Waals surface area contributed by atoms with Crippen molar-refractivity contribution in [3.63, 3.8) is 0 Å². The van der Waals surface area contributed by atoms with Gasteiger partial charge in [0, 0.05) is 17.8 Å². The number of aliphatic hydroxyl groups is 5. The van der Waals surface area contributed by atoms with Gasteiger partial charge < -0.3 is 46.6 Å². The standard InChI is InChI=1S/C19H23N3O8S/c1-21-16(26)14-11(22-18(20)28)6-12(31-14)8-2-4-9(5-3-8)30-17(27)19(29)10(7-23)13(24)15(19)25/h2-6,10,13,15,17,23-25,27,29H,7H2,1H3,(H,21,26)(H3,20,22,28). The maximum atomic E-state index is 12.0. The van der Waals surface area contributed by atoms with Crippen molar-refractivity contribution in [1.82, 2.24) is 5.32 Å². The van der Waals surface area contributed by atoms with Gasteiger partial charge >= 0.3 is 6.03 Å². The number of primary amides is 1. The van der Waals surface area contributed by atoms with Gasteiger partial charge in [0.15, 0.2) is 5.60 Å². The van der Waals surface area contributed by atoms with Gasteiger partial charge in [0.25, 0.3) is 5.91 Å². The third-order valence-corrected chi connectivity index (χ3v) is 6.39. The monoisotopic (exact) mass is 453 g/mol. The summed E-state index contributed by atoms with van der Waals surface area (Å²) in [5.41, 5.74) is 3.86. The van der Waals surface area contributed by atoms with E-state index in [-0.39, 0.29) is 16.3 Å². The first-order chi connectivity index (χ1) is 14.6. The molecule has 2 aromatic rings. The number of benzene rings is 1. The first-order valence-electron chi connectivity index (χ1n) is 9.20. The SMILES string of the molecule is CNC(=O)c1sc(-c2ccc(OC(O)C3(O)C(O)C(O)C3CO)cc2)cc1NC(N)=O. The Labute approximate surface area is 180 Å². The highest BCUT2D eigenvalue weighted by Gasteiger charge is 2.65. The highest BCUT2D eigenvalue weighted by Crippen LogP contribution is 2.42. The molecule has 0 aliphatic heterocycles. The molecule has 0 saturated heterocycles. The van der Waals surface area contributed by atoms with Crippen LogP contribution in [0.1, 0.15) is 9.67 Å². The minimum absolute atomic E-state index is 0.147. The lowest BCUT2D eigenvalue weighted by atomic mass is 9.64. The summed E-state index contributed by atoms with van der Waals surface area (Å²) in [7, 11) is 1.46. The molecule has 0 radical (unpaired) electrons. The number of thiophene rings is 1. The summed E-state index contributed by atoms with van der Waals surface area (Å²) in [6.45, 7) is -0.651. The van der Waals surface area contributed by atoms with Gasteiger partial charge in [-0.1, -0.05) is 0 Å². The molecular weight excluding hydrogens is 430 g/mol. The molecule has 1 aliphatic rings. The van der Waals surface area contributed by atoms with Gasteiger partial charge in [-0.15, -0.1) is 11.3 Å². The van der Waals surface area contributed by atoms with Crippen LogP contribution >= 0.6 is 11.3 Å². The number of aliphatic hydroxyl groups excluding tert-OH is 4. The van der Waals surface area contributed by atoms with Crippen molar-refractivity contribution in [2.75, 3.05) is 19.0 Å². The van der Waals surface area contributed by atoms with Crippen LogP contribution in [0.3, 0.4) is 0 Å². The fraction of sp³-hybridized carbons (Fsp3) is 0.368. The minimum Gasteiger partial charge on any atom is -0.462 e. The van der Waals surface area contributed by atoms with Crippen LogP contribution in [0, 0.1) is 5.92 Å². The number of carbonyl (C=O) groups is 2. The van der Waals surface area contributed by atoms with E-state index in [2.05, 4.69) is 10.6 Å². The number of nitrogens with one attached hydrogen (secondary N) is 2. The first kappa shape index (κ1) is 22.9. The Morgan fingerprint density at radius 2 is 1.94 bits per heavy atom. The summed E-state index contributed by atoms with van der Waals surface area (Å²) < 4.78 is 5.29. The van der Waals surface area contributed by atoms with E-state index in [1.54, 1.807) is 18.2 Å². The van der Waals surface area contributed by atoms with Crippen molar-refractivity contribution in [3.8, 4) is 16.2 Å². The van der Waals surface area contributed by atoms with E-state index in [1.165, 1.54) is 19.2 Å². The molecule has 5 unspecified atom stereocenters. The second kappa shape index (κ2) is 8.78. The second-order valence-electron chi connectivity index (χ2n) is 7.03. The topological polar surface area (TPSA) is 195 Å². The summed E-state index contributed by atoms with van der Waals surface area (Å²) in [4.78, 5) is 24.2. The van der Waals surface area contributed by atoms with Gasteiger partial charge in [-0.25, -0.2) is 4.79 Å². The van der Waals surface area contributed by atoms with Crippen LogP contribution in [-0.4, -0.2) is 75.2 Å². The molecule has 5 atom stereocenters. The van der Waals surface area contributed by atoms with Crippen LogP contribution in [-0.2, 0) is 0 Å². The highest BCUT2D eigenvalue weighted by molar-refractivity contribution is 7.18. The fourth-order valence-corrected chi connectivity index (χ4v) is 4.48. The molecule has 3 amide bonds. The molecule has 1 fully saturated rings. The van der Waals surface area contributed by atoms with Crippen LogP contribution < -0.4 is 21.1 Å². The summed E-state index contributed by atoms with van der Waals surface area (Å²) >= 11 is 1.13. The summed E-state index contributed by atoms with van der Waals surface area (Å²) in [5.74, 6) is -1.41. The molecule has 1 heterocycles. The largest absolute Gasteiger partial charge is 0.462 e. The number of urea groups is 1. The van der Waals surface area contributed by atoms with Crippen LogP contribution in [0.5, 0.6) is 5.75 Å². The Morgan fingerprint density at radius 1 is 1.29 bits per heavy atom. The fourth-order valence-electron chi connectivity index (χ4n) is 3.41. The van der Waals surface area contributed by atoms with Crippen molar-refractivity contribution >= 4 is 29.0 Å².